The Hall–Kier alpha value is -1.82. The molecule has 0 bridgehead atoms. The van der Waals surface area contributed by atoms with Crippen molar-refractivity contribution in [1.29, 1.82) is 0 Å². The zero-order valence-electron chi connectivity index (χ0n) is 10.2. The molecule has 0 spiro atoms. The Kier molecular flexibility index (Phi) is 3.99. The lowest BCUT2D eigenvalue weighted by Crippen LogP contribution is -2.47. The number of furan rings is 1. The summed E-state index contributed by atoms with van der Waals surface area (Å²) in [4.78, 5) is 22.7. The summed E-state index contributed by atoms with van der Waals surface area (Å²) in [6.45, 7) is 1.15. The van der Waals surface area contributed by atoms with Crippen molar-refractivity contribution in [3.8, 4) is 0 Å². The summed E-state index contributed by atoms with van der Waals surface area (Å²) in [6, 6.07) is 1.42. The van der Waals surface area contributed by atoms with E-state index in [0.717, 1.165) is 19.4 Å². The molecular weight excluding hydrogens is 236 g/mol. The molecule has 1 atom stereocenters. The Balaban J connectivity index is 1.88. The minimum Gasteiger partial charge on any atom is -0.467 e. The monoisotopic (exact) mass is 252 g/mol. The molecule has 0 saturated carbocycles. The highest BCUT2D eigenvalue weighted by Gasteiger charge is 2.21. The molecular formula is C12H16N2O4. The summed E-state index contributed by atoms with van der Waals surface area (Å²) in [5.74, 6) is 0.190. The number of carbonyl (C=O) groups is 2. The molecule has 0 aromatic carbocycles. The van der Waals surface area contributed by atoms with E-state index >= 15 is 0 Å². The van der Waals surface area contributed by atoms with Gasteiger partial charge in [-0.1, -0.05) is 0 Å². The number of rotatable bonds is 4. The van der Waals surface area contributed by atoms with Crippen molar-refractivity contribution in [2.45, 2.75) is 25.4 Å². The van der Waals surface area contributed by atoms with Gasteiger partial charge in [0.05, 0.1) is 25.3 Å². The van der Waals surface area contributed by atoms with Crippen molar-refractivity contribution in [2.24, 2.45) is 0 Å². The lowest BCUT2D eigenvalue weighted by Gasteiger charge is -2.22. The predicted molar refractivity (Wildman–Crippen MR) is 62.9 cm³/mol. The van der Waals surface area contributed by atoms with E-state index in [1.54, 1.807) is 6.07 Å². The molecule has 1 unspecified atom stereocenters. The van der Waals surface area contributed by atoms with Crippen LogP contribution in [0.25, 0.3) is 0 Å². The van der Waals surface area contributed by atoms with Crippen LogP contribution >= 0.6 is 0 Å². The highest BCUT2D eigenvalue weighted by atomic mass is 16.5. The fourth-order valence-electron chi connectivity index (χ4n) is 1.89. The zero-order valence-corrected chi connectivity index (χ0v) is 10.2. The normalized spacial score (nSPS) is 19.4. The Morgan fingerprint density at radius 2 is 2.50 bits per heavy atom. The minimum absolute atomic E-state index is 0.0148. The molecule has 6 nitrogen and oxygen atoms in total. The Morgan fingerprint density at radius 1 is 1.67 bits per heavy atom. The van der Waals surface area contributed by atoms with Crippen LogP contribution in [0.1, 0.15) is 29.0 Å². The van der Waals surface area contributed by atoms with Crippen LogP contribution in [0.15, 0.2) is 16.7 Å². The standard InChI is InChI=1S/C12H16N2O4/c1-17-12(16)8-5-9(18-7-8)6-14-10-3-2-4-13-11(10)15/h5,7,10,14H,2-4,6H2,1H3,(H,13,15). The summed E-state index contributed by atoms with van der Waals surface area (Å²) in [7, 11) is 1.32. The van der Waals surface area contributed by atoms with Gasteiger partial charge < -0.3 is 14.5 Å². The van der Waals surface area contributed by atoms with Gasteiger partial charge in [0.1, 0.15) is 12.0 Å². The van der Waals surface area contributed by atoms with E-state index in [2.05, 4.69) is 15.4 Å². The molecule has 98 valence electrons. The Labute approximate surface area is 105 Å². The summed E-state index contributed by atoms with van der Waals surface area (Å²) < 4.78 is 9.80. The van der Waals surface area contributed by atoms with Gasteiger partial charge in [0.15, 0.2) is 0 Å². The number of hydrogen-bond acceptors (Lipinski definition) is 5. The van der Waals surface area contributed by atoms with E-state index in [1.807, 2.05) is 0 Å². The van der Waals surface area contributed by atoms with Crippen molar-refractivity contribution in [1.82, 2.24) is 10.6 Å². The van der Waals surface area contributed by atoms with Gasteiger partial charge in [0.25, 0.3) is 0 Å². The molecule has 6 heteroatoms. The number of nitrogens with one attached hydrogen (secondary N) is 2. The van der Waals surface area contributed by atoms with Gasteiger partial charge in [-0.15, -0.1) is 0 Å². The lowest BCUT2D eigenvalue weighted by atomic mass is 10.1. The predicted octanol–water partition coefficient (Wildman–Crippen LogP) is 0.434. The van der Waals surface area contributed by atoms with Crippen LogP contribution in [-0.2, 0) is 16.1 Å². The maximum atomic E-state index is 11.5. The number of piperidine rings is 1. The zero-order chi connectivity index (χ0) is 13.0. The third kappa shape index (κ3) is 2.89. The number of esters is 1. The first kappa shape index (κ1) is 12.6. The molecule has 18 heavy (non-hydrogen) atoms. The lowest BCUT2D eigenvalue weighted by molar-refractivity contribution is -0.124. The van der Waals surface area contributed by atoms with E-state index in [-0.39, 0.29) is 11.9 Å². The van der Waals surface area contributed by atoms with E-state index in [0.29, 0.717) is 17.9 Å². The quantitative estimate of drug-likeness (QED) is 0.760. The second kappa shape index (κ2) is 5.68. The average molecular weight is 252 g/mol. The van der Waals surface area contributed by atoms with Gasteiger partial charge >= 0.3 is 5.97 Å². The fraction of sp³-hybridized carbons (Fsp3) is 0.500. The fourth-order valence-corrected chi connectivity index (χ4v) is 1.89. The molecule has 1 aliphatic heterocycles. The summed E-state index contributed by atoms with van der Waals surface area (Å²) in [5, 5.41) is 5.89. The Morgan fingerprint density at radius 3 is 3.22 bits per heavy atom. The van der Waals surface area contributed by atoms with Gasteiger partial charge in [-0.25, -0.2) is 4.79 Å². The molecule has 2 N–H and O–H groups in total. The number of methoxy groups -OCH3 is 1. The Bertz CT molecular complexity index is 441. The van der Waals surface area contributed by atoms with Crippen LogP contribution in [0.2, 0.25) is 0 Å². The second-order valence-electron chi connectivity index (χ2n) is 4.16. The van der Waals surface area contributed by atoms with Crippen LogP contribution in [0, 0.1) is 0 Å². The average Bonchev–Trinajstić information content (AvgIpc) is 2.86. The molecule has 2 heterocycles. The highest BCUT2D eigenvalue weighted by molar-refractivity contribution is 5.89. The van der Waals surface area contributed by atoms with E-state index in [4.69, 9.17) is 4.42 Å². The number of carbonyl (C=O) groups excluding carboxylic acids is 2. The first-order valence-corrected chi connectivity index (χ1v) is 5.87. The summed E-state index contributed by atoms with van der Waals surface area (Å²) in [5.41, 5.74) is 0.377. The molecule has 0 radical (unpaired) electrons. The van der Waals surface area contributed by atoms with Crippen molar-refractivity contribution in [3.63, 3.8) is 0 Å². The first-order valence-electron chi connectivity index (χ1n) is 5.87. The number of amides is 1. The summed E-state index contributed by atoms with van der Waals surface area (Å²) in [6.07, 6.45) is 3.13. The van der Waals surface area contributed by atoms with Crippen molar-refractivity contribution in [3.05, 3.63) is 23.7 Å². The maximum Gasteiger partial charge on any atom is 0.341 e. The molecule has 1 fully saturated rings. The van der Waals surface area contributed by atoms with Gasteiger partial charge in [0.2, 0.25) is 5.91 Å². The molecule has 0 aliphatic carbocycles. The molecule has 1 aromatic heterocycles. The van der Waals surface area contributed by atoms with Gasteiger partial charge in [0, 0.05) is 6.54 Å². The van der Waals surface area contributed by atoms with Gasteiger partial charge in [-0.2, -0.15) is 0 Å². The van der Waals surface area contributed by atoms with Crippen LogP contribution in [-0.4, -0.2) is 31.6 Å². The smallest absolute Gasteiger partial charge is 0.341 e. The van der Waals surface area contributed by atoms with Crippen LogP contribution in [0.3, 0.4) is 0 Å². The van der Waals surface area contributed by atoms with Crippen LogP contribution < -0.4 is 10.6 Å². The van der Waals surface area contributed by atoms with Crippen molar-refractivity contribution in [2.75, 3.05) is 13.7 Å². The van der Waals surface area contributed by atoms with Crippen LogP contribution in [0.4, 0.5) is 0 Å². The maximum absolute atomic E-state index is 11.5. The largest absolute Gasteiger partial charge is 0.467 e. The van der Waals surface area contributed by atoms with E-state index in [1.165, 1.54) is 13.4 Å². The van der Waals surface area contributed by atoms with E-state index < -0.39 is 5.97 Å². The third-order valence-corrected chi connectivity index (χ3v) is 2.88. The summed E-state index contributed by atoms with van der Waals surface area (Å²) >= 11 is 0. The van der Waals surface area contributed by atoms with Crippen molar-refractivity contribution < 1.29 is 18.7 Å². The highest BCUT2D eigenvalue weighted by Crippen LogP contribution is 2.10. The molecule has 2 rings (SSSR count). The first-order chi connectivity index (χ1) is 8.70. The molecule has 1 saturated heterocycles. The van der Waals surface area contributed by atoms with Crippen LogP contribution in [0.5, 0.6) is 0 Å². The molecule has 1 aromatic rings. The number of ether oxygens (including phenoxy) is 1. The third-order valence-electron chi connectivity index (χ3n) is 2.88. The van der Waals surface area contributed by atoms with Gasteiger partial charge in [-0.3, -0.25) is 10.1 Å². The molecule has 1 aliphatic rings. The SMILES string of the molecule is COC(=O)c1coc(CNC2CCCNC2=O)c1. The number of hydrogen-bond donors (Lipinski definition) is 2. The second-order valence-corrected chi connectivity index (χ2v) is 4.16. The molecule has 1 amide bonds. The topological polar surface area (TPSA) is 80.6 Å². The van der Waals surface area contributed by atoms with Crippen molar-refractivity contribution >= 4 is 11.9 Å². The van der Waals surface area contributed by atoms with E-state index in [9.17, 15) is 9.59 Å². The minimum atomic E-state index is -0.430. The van der Waals surface area contributed by atoms with Gasteiger partial charge in [-0.05, 0) is 18.9 Å².